The zero-order valence-corrected chi connectivity index (χ0v) is 15.6. The van der Waals surface area contributed by atoms with Gasteiger partial charge in [0, 0.05) is 13.1 Å². The molecule has 2 rings (SSSR count). The molecule has 1 heterocycles. The number of hydrogen-bond donors (Lipinski definition) is 1. The van der Waals surface area contributed by atoms with Gasteiger partial charge < -0.3 is 19.7 Å². The van der Waals surface area contributed by atoms with Gasteiger partial charge in [-0.3, -0.25) is 0 Å². The van der Waals surface area contributed by atoms with Crippen LogP contribution in [0.5, 0.6) is 0 Å². The molecule has 2 fully saturated rings. The van der Waals surface area contributed by atoms with E-state index in [0.717, 1.165) is 5.82 Å². The molecule has 0 unspecified atom stereocenters. The molecule has 1 nitrogen and oxygen atoms in total. The summed E-state index contributed by atoms with van der Waals surface area (Å²) in [6.07, 6.45) is 8.92. The molecule has 5 heteroatoms. The molecule has 0 radical (unpaired) electrons. The van der Waals surface area contributed by atoms with E-state index in [9.17, 15) is 0 Å². The Morgan fingerprint density at radius 2 is 1.33 bits per heavy atom. The van der Waals surface area contributed by atoms with Crippen molar-refractivity contribution in [2.75, 3.05) is 13.1 Å². The molecule has 110 valence electrons. The predicted molar refractivity (Wildman–Crippen MR) is 84.2 cm³/mol. The SMILES string of the molecule is C[B-](C)(C1CCCC1)[NH+]1CCCC1.[CH3-].[CH3-].[Cl][Ti][Cl]. The molecule has 0 bridgehead atoms. The van der Waals surface area contributed by atoms with Crippen molar-refractivity contribution in [1.29, 1.82) is 0 Å². The number of halogens is 2. The summed E-state index contributed by atoms with van der Waals surface area (Å²) in [4.78, 5) is 1.95. The van der Waals surface area contributed by atoms with Crippen LogP contribution in [0.3, 0.4) is 0 Å². The van der Waals surface area contributed by atoms with Crippen LogP contribution in [0, 0.1) is 14.9 Å². The van der Waals surface area contributed by atoms with Crippen molar-refractivity contribution in [1.82, 2.24) is 0 Å². The first-order valence-electron chi connectivity index (χ1n) is 6.68. The van der Waals surface area contributed by atoms with Crippen LogP contribution in [0.25, 0.3) is 0 Å². The first kappa shape index (κ1) is 21.6. The zero-order chi connectivity index (χ0) is 12.0. The van der Waals surface area contributed by atoms with Gasteiger partial charge in [0.2, 0.25) is 6.28 Å². The Balaban J connectivity index is 0. The fourth-order valence-corrected chi connectivity index (χ4v) is 3.70. The van der Waals surface area contributed by atoms with Crippen LogP contribution >= 0.6 is 18.6 Å². The van der Waals surface area contributed by atoms with Gasteiger partial charge in [0.25, 0.3) is 0 Å². The van der Waals surface area contributed by atoms with Crippen molar-refractivity contribution in [3.05, 3.63) is 14.9 Å². The molecule has 18 heavy (non-hydrogen) atoms. The molecule has 1 saturated heterocycles. The second-order valence-corrected chi connectivity index (χ2v) is 8.55. The fraction of sp³-hybridized carbons (Fsp3) is 0.846. The molecular weight excluding hydrogens is 300 g/mol. The maximum absolute atomic E-state index is 4.89. The standard InChI is InChI=1S/C11H24BN.2CH3.2ClH.Ti/c1-12(2,11-7-3-4-8-11)13-9-5-6-10-13;;;;;/h11,13H,3-10H2,1-2H3;2*1H3;2*1H;/q;2*-1;;;+2/p-2. The second-order valence-electron chi connectivity index (χ2n) is 5.97. The molecule has 1 aliphatic carbocycles. The quantitative estimate of drug-likeness (QED) is 0.575. The van der Waals surface area contributed by atoms with Gasteiger partial charge in [0.1, 0.15) is 0 Å². The summed E-state index contributed by atoms with van der Waals surface area (Å²) in [5.74, 6) is 1.08. The topological polar surface area (TPSA) is 4.44 Å². The Morgan fingerprint density at radius 3 is 1.72 bits per heavy atom. The normalized spacial score (nSPS) is 20.4. The molecule has 0 aromatic carbocycles. The van der Waals surface area contributed by atoms with Crippen LogP contribution in [0.4, 0.5) is 0 Å². The van der Waals surface area contributed by atoms with Crippen LogP contribution in [-0.2, 0) is 17.0 Å². The van der Waals surface area contributed by atoms with Crippen molar-refractivity contribution in [2.45, 2.75) is 58.0 Å². The van der Waals surface area contributed by atoms with Crippen LogP contribution in [-0.4, -0.2) is 19.4 Å². The monoisotopic (exact) mass is 329 g/mol. The molecule has 0 amide bonds. The van der Waals surface area contributed by atoms with E-state index < -0.39 is 17.0 Å². The molecule has 0 aromatic rings. The van der Waals surface area contributed by atoms with E-state index >= 15 is 0 Å². The number of rotatable bonds is 2. The van der Waals surface area contributed by atoms with Gasteiger partial charge in [-0.1, -0.05) is 25.7 Å². The molecule has 1 N–H and O–H groups in total. The van der Waals surface area contributed by atoms with Gasteiger partial charge in [0.15, 0.2) is 0 Å². The molecule has 1 aliphatic heterocycles. The molecule has 0 aromatic heterocycles. The summed E-state index contributed by atoms with van der Waals surface area (Å²) in [5.41, 5.74) is 0. The minimum absolute atomic E-state index is 0. The Hall–Kier alpha value is 1.32. The van der Waals surface area contributed by atoms with Gasteiger partial charge in [-0.05, 0) is 12.8 Å². The third kappa shape index (κ3) is 6.18. The summed E-state index contributed by atoms with van der Waals surface area (Å²) in [6.45, 7) is 8.06. The van der Waals surface area contributed by atoms with E-state index in [1.807, 2.05) is 4.81 Å². The number of nitrogens with one attached hydrogen (secondary N) is 1. The Bertz CT molecular complexity index is 175. The predicted octanol–water partition coefficient (Wildman–Crippen LogP) is 4.09. The van der Waals surface area contributed by atoms with Gasteiger partial charge in [-0.15, -0.1) is 19.5 Å². The average Bonchev–Trinajstić information content (AvgIpc) is 2.93. The fourth-order valence-electron chi connectivity index (χ4n) is 3.70. The summed E-state index contributed by atoms with van der Waals surface area (Å²) in [5, 5.41) is 0. The molecule has 0 spiro atoms. The summed E-state index contributed by atoms with van der Waals surface area (Å²) in [6, 6.07) is 0. The van der Waals surface area contributed by atoms with Gasteiger partial charge in [0.05, 0.1) is 0 Å². The number of hydrogen-bond acceptors (Lipinski definition) is 0. The Kier molecular flexibility index (Phi) is 13.2. The second kappa shape index (κ2) is 11.0. The van der Waals surface area contributed by atoms with Crippen molar-refractivity contribution >= 4 is 24.9 Å². The van der Waals surface area contributed by atoms with Gasteiger partial charge in [-0.25, -0.2) is 0 Å². The average molecular weight is 330 g/mol. The first-order chi connectivity index (χ1) is 7.62. The molecule has 2 aliphatic rings. The van der Waals surface area contributed by atoms with Crippen molar-refractivity contribution in [3.63, 3.8) is 0 Å². The zero-order valence-electron chi connectivity index (χ0n) is 12.6. The van der Waals surface area contributed by atoms with Gasteiger partial charge in [-0.2, -0.15) is 0 Å². The summed E-state index contributed by atoms with van der Waals surface area (Å²) >= 11 is -0.556. The van der Waals surface area contributed by atoms with E-state index in [0.29, 0.717) is 0 Å². The van der Waals surface area contributed by atoms with Gasteiger partial charge >= 0.3 is 35.6 Å². The third-order valence-corrected chi connectivity index (χ3v) is 4.88. The summed E-state index contributed by atoms with van der Waals surface area (Å²) in [7, 11) is 9.78. The van der Waals surface area contributed by atoms with Crippen LogP contribution < -0.4 is 4.81 Å². The Labute approximate surface area is 132 Å². The van der Waals surface area contributed by atoms with E-state index in [-0.39, 0.29) is 21.1 Å². The van der Waals surface area contributed by atoms with Crippen molar-refractivity contribution < 1.29 is 21.8 Å². The molecule has 0 atom stereocenters. The summed E-state index contributed by atoms with van der Waals surface area (Å²) < 4.78 is 0. The molecule has 1 saturated carbocycles. The van der Waals surface area contributed by atoms with Crippen LogP contribution in [0.15, 0.2) is 0 Å². The first-order valence-corrected chi connectivity index (χ1v) is 11.0. The Morgan fingerprint density at radius 1 is 0.944 bits per heavy atom. The van der Waals surface area contributed by atoms with E-state index in [1.165, 1.54) is 51.6 Å². The minimum atomic E-state index is -0.556. The van der Waals surface area contributed by atoms with Crippen molar-refractivity contribution in [3.8, 4) is 0 Å². The van der Waals surface area contributed by atoms with E-state index in [4.69, 9.17) is 18.6 Å². The van der Waals surface area contributed by atoms with Crippen LogP contribution in [0.2, 0.25) is 19.5 Å². The van der Waals surface area contributed by atoms with Crippen LogP contribution in [0.1, 0.15) is 38.5 Å². The van der Waals surface area contributed by atoms with E-state index in [2.05, 4.69) is 13.6 Å². The maximum atomic E-state index is 4.89. The molecular formula is C13H30BCl2NTi-2. The van der Waals surface area contributed by atoms with Crippen molar-refractivity contribution in [2.24, 2.45) is 0 Å². The van der Waals surface area contributed by atoms with E-state index in [1.54, 1.807) is 0 Å². The number of quaternary nitrogens is 1. The third-order valence-electron chi connectivity index (χ3n) is 4.88.